The van der Waals surface area contributed by atoms with Gasteiger partial charge in [-0.05, 0) is 43.3 Å². The highest BCUT2D eigenvalue weighted by Gasteiger charge is 2.25. The number of aromatic nitrogens is 1. The van der Waals surface area contributed by atoms with Crippen LogP contribution in [-0.4, -0.2) is 52.8 Å². The van der Waals surface area contributed by atoms with Crippen LogP contribution in [0.1, 0.15) is 26.3 Å². The summed E-state index contributed by atoms with van der Waals surface area (Å²) in [7, 11) is 0. The van der Waals surface area contributed by atoms with Crippen molar-refractivity contribution in [2.75, 3.05) is 26.2 Å². The topological polar surface area (TPSA) is 53.5 Å². The molecule has 0 radical (unpaired) electrons. The largest absolute Gasteiger partial charge is 0.335 e. The molecule has 4 rings (SSSR count). The number of carbonyl (C=O) groups excluding carboxylic acids is 2. The fourth-order valence-corrected chi connectivity index (χ4v) is 3.52. The van der Waals surface area contributed by atoms with Gasteiger partial charge in [-0.15, -0.1) is 0 Å². The molecular formula is C24H23N3O2. The van der Waals surface area contributed by atoms with Crippen LogP contribution in [0.15, 0.2) is 72.9 Å². The summed E-state index contributed by atoms with van der Waals surface area (Å²) in [5, 5.41) is 0. The first kappa shape index (κ1) is 18.9. The quantitative estimate of drug-likeness (QED) is 0.691. The third-order valence-corrected chi connectivity index (χ3v) is 5.22. The summed E-state index contributed by atoms with van der Waals surface area (Å²) in [4.78, 5) is 33.6. The van der Waals surface area contributed by atoms with Crippen LogP contribution in [0.2, 0.25) is 0 Å². The minimum absolute atomic E-state index is 0.00906. The van der Waals surface area contributed by atoms with Crippen molar-refractivity contribution in [1.82, 2.24) is 14.8 Å². The molecule has 1 aliphatic rings. The predicted octanol–water partition coefficient (Wildman–Crippen LogP) is 3.66. The second kappa shape index (κ2) is 8.27. The number of benzene rings is 2. The Labute approximate surface area is 170 Å². The highest BCUT2D eigenvalue weighted by atomic mass is 16.2. The maximum Gasteiger partial charge on any atom is 0.253 e. The maximum atomic E-state index is 13.0. The first-order chi connectivity index (χ1) is 14.1. The molecule has 146 valence electrons. The van der Waals surface area contributed by atoms with Crippen molar-refractivity contribution in [1.29, 1.82) is 0 Å². The molecule has 0 unspecified atom stereocenters. The van der Waals surface area contributed by atoms with Crippen molar-refractivity contribution in [2.24, 2.45) is 0 Å². The number of amides is 2. The Morgan fingerprint density at radius 1 is 0.759 bits per heavy atom. The van der Waals surface area contributed by atoms with Gasteiger partial charge in [-0.2, -0.15) is 0 Å². The molecule has 2 aromatic carbocycles. The zero-order chi connectivity index (χ0) is 20.2. The first-order valence-electron chi connectivity index (χ1n) is 9.78. The molecule has 0 bridgehead atoms. The number of piperazine rings is 1. The maximum absolute atomic E-state index is 13.0. The lowest BCUT2D eigenvalue weighted by atomic mass is 10.1. The molecule has 0 N–H and O–H groups in total. The van der Waals surface area contributed by atoms with Crippen LogP contribution in [0.5, 0.6) is 0 Å². The number of hydrogen-bond acceptors (Lipinski definition) is 3. The molecule has 1 aromatic heterocycles. The van der Waals surface area contributed by atoms with Crippen LogP contribution in [0, 0.1) is 6.92 Å². The third kappa shape index (κ3) is 4.19. The summed E-state index contributed by atoms with van der Waals surface area (Å²) < 4.78 is 0. The average Bonchev–Trinajstić information content (AvgIpc) is 2.79. The molecule has 2 heterocycles. The third-order valence-electron chi connectivity index (χ3n) is 5.22. The van der Waals surface area contributed by atoms with Gasteiger partial charge in [0.05, 0.1) is 5.69 Å². The summed E-state index contributed by atoms with van der Waals surface area (Å²) in [5.74, 6) is 0.0134. The SMILES string of the molecule is Cc1ccc(C(=O)N2CCN(C(=O)c3cccc(-c4ccccn4)c3)CC2)cc1. The Kier molecular flexibility index (Phi) is 5.38. The number of nitrogens with zero attached hydrogens (tertiary/aromatic N) is 3. The molecule has 1 saturated heterocycles. The van der Waals surface area contributed by atoms with Crippen molar-refractivity contribution in [2.45, 2.75) is 6.92 Å². The molecule has 2 amide bonds. The summed E-state index contributed by atoms with van der Waals surface area (Å²) >= 11 is 0. The minimum atomic E-state index is -0.00906. The normalized spacial score (nSPS) is 14.0. The van der Waals surface area contributed by atoms with Crippen LogP contribution in [-0.2, 0) is 0 Å². The zero-order valence-corrected chi connectivity index (χ0v) is 16.4. The highest BCUT2D eigenvalue weighted by molar-refractivity contribution is 5.96. The average molecular weight is 385 g/mol. The van der Waals surface area contributed by atoms with Gasteiger partial charge in [0.2, 0.25) is 0 Å². The predicted molar refractivity (Wildman–Crippen MR) is 113 cm³/mol. The van der Waals surface area contributed by atoms with E-state index < -0.39 is 0 Å². The van der Waals surface area contributed by atoms with Crippen molar-refractivity contribution >= 4 is 11.8 Å². The highest BCUT2D eigenvalue weighted by Crippen LogP contribution is 2.19. The number of rotatable bonds is 3. The fraction of sp³-hybridized carbons (Fsp3) is 0.208. The van der Waals surface area contributed by atoms with Gasteiger partial charge in [-0.25, -0.2) is 0 Å². The molecule has 0 atom stereocenters. The number of aryl methyl sites for hydroxylation is 1. The lowest BCUT2D eigenvalue weighted by molar-refractivity contribution is 0.0535. The first-order valence-corrected chi connectivity index (χ1v) is 9.78. The second-order valence-electron chi connectivity index (χ2n) is 7.25. The monoisotopic (exact) mass is 385 g/mol. The summed E-state index contributed by atoms with van der Waals surface area (Å²) in [5.41, 5.74) is 4.23. The van der Waals surface area contributed by atoms with Gasteiger partial charge in [0, 0.05) is 49.1 Å². The standard InChI is InChI=1S/C24H23N3O2/c1-18-8-10-19(11-9-18)23(28)26-13-15-27(16-14-26)24(29)21-6-4-5-20(17-21)22-7-2-3-12-25-22/h2-12,17H,13-16H2,1H3. The van der Waals surface area contributed by atoms with Gasteiger partial charge in [0.25, 0.3) is 11.8 Å². The Morgan fingerprint density at radius 2 is 1.41 bits per heavy atom. The number of carbonyl (C=O) groups is 2. The van der Waals surface area contributed by atoms with E-state index in [2.05, 4.69) is 4.98 Å². The van der Waals surface area contributed by atoms with Gasteiger partial charge < -0.3 is 9.80 Å². The van der Waals surface area contributed by atoms with Crippen molar-refractivity contribution in [3.63, 3.8) is 0 Å². The Bertz CT molecular complexity index is 1010. The Morgan fingerprint density at radius 3 is 2.03 bits per heavy atom. The smallest absolute Gasteiger partial charge is 0.253 e. The van der Waals surface area contributed by atoms with Crippen LogP contribution in [0.4, 0.5) is 0 Å². The summed E-state index contributed by atoms with van der Waals surface area (Å²) in [6.45, 7) is 4.15. The van der Waals surface area contributed by atoms with Crippen LogP contribution in [0.3, 0.4) is 0 Å². The molecule has 5 nitrogen and oxygen atoms in total. The Hall–Kier alpha value is -3.47. The lowest BCUT2D eigenvalue weighted by Crippen LogP contribution is -2.50. The van der Waals surface area contributed by atoms with Crippen molar-refractivity contribution in [3.8, 4) is 11.3 Å². The lowest BCUT2D eigenvalue weighted by Gasteiger charge is -2.35. The van der Waals surface area contributed by atoms with Crippen molar-refractivity contribution < 1.29 is 9.59 Å². The van der Waals surface area contributed by atoms with Gasteiger partial charge in [0.15, 0.2) is 0 Å². The molecular weight excluding hydrogens is 362 g/mol. The van der Waals surface area contributed by atoms with E-state index in [0.29, 0.717) is 37.3 Å². The van der Waals surface area contributed by atoms with E-state index in [0.717, 1.165) is 16.8 Å². The summed E-state index contributed by atoms with van der Waals surface area (Å²) in [6.07, 6.45) is 1.74. The van der Waals surface area contributed by atoms with E-state index in [1.54, 1.807) is 6.20 Å². The molecule has 1 aliphatic heterocycles. The zero-order valence-electron chi connectivity index (χ0n) is 16.4. The van der Waals surface area contributed by atoms with Gasteiger partial charge in [0.1, 0.15) is 0 Å². The van der Waals surface area contributed by atoms with E-state index in [4.69, 9.17) is 0 Å². The van der Waals surface area contributed by atoms with Crippen LogP contribution < -0.4 is 0 Å². The van der Waals surface area contributed by atoms with E-state index in [-0.39, 0.29) is 11.8 Å². The Balaban J connectivity index is 1.42. The van der Waals surface area contributed by atoms with Gasteiger partial charge in [-0.1, -0.05) is 35.9 Å². The van der Waals surface area contributed by atoms with Crippen LogP contribution in [0.25, 0.3) is 11.3 Å². The molecule has 0 aliphatic carbocycles. The van der Waals surface area contributed by atoms with E-state index in [1.807, 2.05) is 83.5 Å². The molecule has 1 fully saturated rings. The summed E-state index contributed by atoms with van der Waals surface area (Å²) in [6, 6.07) is 20.9. The van der Waals surface area contributed by atoms with Gasteiger partial charge >= 0.3 is 0 Å². The minimum Gasteiger partial charge on any atom is -0.335 e. The molecule has 29 heavy (non-hydrogen) atoms. The van der Waals surface area contributed by atoms with E-state index in [1.165, 1.54) is 0 Å². The van der Waals surface area contributed by atoms with E-state index in [9.17, 15) is 9.59 Å². The van der Waals surface area contributed by atoms with Crippen molar-refractivity contribution in [3.05, 3.63) is 89.6 Å². The van der Waals surface area contributed by atoms with Gasteiger partial charge in [-0.3, -0.25) is 14.6 Å². The van der Waals surface area contributed by atoms with Crippen LogP contribution >= 0.6 is 0 Å². The molecule has 0 spiro atoms. The molecule has 3 aromatic rings. The number of pyridine rings is 1. The fourth-order valence-electron chi connectivity index (χ4n) is 3.52. The molecule has 0 saturated carbocycles. The second-order valence-corrected chi connectivity index (χ2v) is 7.25. The van der Waals surface area contributed by atoms with E-state index >= 15 is 0 Å². The number of hydrogen-bond donors (Lipinski definition) is 0. The molecule has 5 heteroatoms.